The van der Waals surface area contributed by atoms with Gasteiger partial charge in [-0.05, 0) is 83.3 Å². The number of aromatic nitrogens is 4. The van der Waals surface area contributed by atoms with Crippen LogP contribution < -0.4 is 4.90 Å². The summed E-state index contributed by atoms with van der Waals surface area (Å²) < 4.78 is 129. The van der Waals surface area contributed by atoms with E-state index >= 15 is 0 Å². The predicted octanol–water partition coefficient (Wildman–Crippen LogP) is 7.92. The average Bonchev–Trinajstić information content (AvgIpc) is 3.33. The number of halogens is 9. The fourth-order valence-electron chi connectivity index (χ4n) is 5.39. The minimum absolute atomic E-state index is 0.00618. The van der Waals surface area contributed by atoms with Gasteiger partial charge in [0, 0.05) is 20.2 Å². The van der Waals surface area contributed by atoms with Gasteiger partial charge in [0.05, 0.1) is 29.3 Å². The molecule has 1 heterocycles. The van der Waals surface area contributed by atoms with Crippen molar-refractivity contribution in [3.8, 4) is 0 Å². The normalized spacial score (nSPS) is 17.2. The maximum absolute atomic E-state index is 13.8. The molecule has 1 aliphatic rings. The summed E-state index contributed by atoms with van der Waals surface area (Å²) in [7, 11) is 2.85. The number of hydrogen-bond donors (Lipinski definition) is 0. The number of hydrogen-bond acceptors (Lipinski definition) is 5. The largest absolute Gasteiger partial charge is 0.416 e. The van der Waals surface area contributed by atoms with Crippen molar-refractivity contribution in [2.75, 3.05) is 12.0 Å². The molecular weight excluding hydrogens is 593 g/mol. The van der Waals surface area contributed by atoms with Gasteiger partial charge in [-0.1, -0.05) is 25.0 Å². The maximum Gasteiger partial charge on any atom is 0.416 e. The van der Waals surface area contributed by atoms with E-state index in [1.54, 1.807) is 0 Å². The van der Waals surface area contributed by atoms with E-state index in [4.69, 9.17) is 4.74 Å². The van der Waals surface area contributed by atoms with Crippen LogP contribution in [0.5, 0.6) is 0 Å². The molecule has 0 bridgehead atoms. The van der Waals surface area contributed by atoms with Crippen LogP contribution in [0.1, 0.15) is 72.9 Å². The number of ether oxygens (including phenoxy) is 1. The fourth-order valence-corrected chi connectivity index (χ4v) is 5.39. The average molecular weight is 624 g/mol. The number of methoxy groups -OCH3 is 1. The molecule has 3 aromatic rings. The molecule has 236 valence electrons. The van der Waals surface area contributed by atoms with Gasteiger partial charge in [0.25, 0.3) is 5.95 Å². The van der Waals surface area contributed by atoms with Crippen molar-refractivity contribution in [3.63, 3.8) is 0 Å². The third-order valence-electron chi connectivity index (χ3n) is 7.89. The van der Waals surface area contributed by atoms with Gasteiger partial charge in [-0.3, -0.25) is 0 Å². The minimum Gasteiger partial charge on any atom is -0.374 e. The molecule has 1 aromatic heterocycles. The molecule has 0 aliphatic heterocycles. The Hall–Kier alpha value is -3.36. The first kappa shape index (κ1) is 32.6. The van der Waals surface area contributed by atoms with E-state index in [1.165, 1.54) is 25.1 Å². The van der Waals surface area contributed by atoms with Crippen LogP contribution in [-0.2, 0) is 49.0 Å². The first-order valence-corrected chi connectivity index (χ1v) is 13.3. The van der Waals surface area contributed by atoms with E-state index in [0.29, 0.717) is 43.4 Å². The van der Waals surface area contributed by atoms with Gasteiger partial charge in [-0.2, -0.15) is 44.3 Å². The SMILES string of the molecule is COC1(c2ccc(C(F)(F)F)cc2CN(Cc2cc(C(F)(F)F)cc(C(F)(F)F)c2)c2nnn(C)n2)CCC(C)(C)CC1. The molecule has 0 unspecified atom stereocenters. The van der Waals surface area contributed by atoms with Crippen molar-refractivity contribution in [2.45, 2.75) is 76.8 Å². The topological polar surface area (TPSA) is 56.1 Å². The van der Waals surface area contributed by atoms with Crippen molar-refractivity contribution >= 4 is 5.95 Å². The summed E-state index contributed by atoms with van der Waals surface area (Å²) in [5, 5.41) is 11.6. The Kier molecular flexibility index (Phi) is 8.55. The third-order valence-corrected chi connectivity index (χ3v) is 7.89. The zero-order valence-corrected chi connectivity index (χ0v) is 23.8. The van der Waals surface area contributed by atoms with Gasteiger partial charge in [-0.25, -0.2) is 0 Å². The molecule has 43 heavy (non-hydrogen) atoms. The molecule has 4 rings (SSSR count). The Bertz CT molecular complexity index is 1400. The number of tetrazole rings is 1. The van der Waals surface area contributed by atoms with Crippen LogP contribution in [0.15, 0.2) is 36.4 Å². The molecule has 0 saturated heterocycles. The Balaban J connectivity index is 1.84. The molecule has 0 atom stereocenters. The summed E-state index contributed by atoms with van der Waals surface area (Å²) in [6.45, 7) is 3.16. The van der Waals surface area contributed by atoms with Crippen molar-refractivity contribution in [3.05, 3.63) is 69.8 Å². The number of alkyl halides is 9. The van der Waals surface area contributed by atoms with E-state index < -0.39 is 59.5 Å². The highest BCUT2D eigenvalue weighted by Gasteiger charge is 2.43. The summed E-state index contributed by atoms with van der Waals surface area (Å²) in [5.41, 5.74) is -4.85. The monoisotopic (exact) mass is 623 g/mol. The van der Waals surface area contributed by atoms with E-state index in [9.17, 15) is 39.5 Å². The number of rotatable bonds is 7. The van der Waals surface area contributed by atoms with Gasteiger partial charge in [0.2, 0.25) is 0 Å². The summed E-state index contributed by atoms with van der Waals surface area (Å²) in [6, 6.07) is 4.32. The number of benzene rings is 2. The Morgan fingerprint density at radius 2 is 1.35 bits per heavy atom. The fraction of sp³-hybridized carbons (Fsp3) is 0.536. The van der Waals surface area contributed by atoms with Gasteiger partial charge in [0.1, 0.15) is 0 Å². The smallest absolute Gasteiger partial charge is 0.374 e. The zero-order valence-electron chi connectivity index (χ0n) is 23.8. The van der Waals surface area contributed by atoms with Crippen LogP contribution >= 0.6 is 0 Å². The van der Waals surface area contributed by atoms with Crippen LogP contribution in [0.3, 0.4) is 0 Å². The molecule has 1 aliphatic carbocycles. The minimum atomic E-state index is -5.08. The van der Waals surface area contributed by atoms with Crippen molar-refractivity contribution < 1.29 is 44.3 Å². The van der Waals surface area contributed by atoms with Crippen molar-refractivity contribution in [1.29, 1.82) is 0 Å². The first-order chi connectivity index (χ1) is 19.7. The summed E-state index contributed by atoms with van der Waals surface area (Å²) in [5.74, 6) is -0.201. The molecule has 15 heteroatoms. The first-order valence-electron chi connectivity index (χ1n) is 13.3. The van der Waals surface area contributed by atoms with Crippen LogP contribution in [-0.4, -0.2) is 27.3 Å². The number of anilines is 1. The maximum atomic E-state index is 13.8. The second-order valence-corrected chi connectivity index (χ2v) is 11.6. The Labute approximate surface area is 241 Å². The molecule has 2 aromatic carbocycles. The molecule has 0 spiro atoms. The summed E-state index contributed by atoms with van der Waals surface area (Å²) in [4.78, 5) is 2.21. The third kappa shape index (κ3) is 7.42. The van der Waals surface area contributed by atoms with Crippen LogP contribution in [0, 0.1) is 5.41 Å². The van der Waals surface area contributed by atoms with E-state index in [0.717, 1.165) is 16.9 Å². The van der Waals surface area contributed by atoms with Gasteiger partial charge >= 0.3 is 18.5 Å². The Morgan fingerprint density at radius 1 is 0.791 bits per heavy atom. The Morgan fingerprint density at radius 3 is 1.81 bits per heavy atom. The number of aryl methyl sites for hydroxylation is 1. The lowest BCUT2D eigenvalue weighted by molar-refractivity contribution is -0.143. The van der Waals surface area contributed by atoms with E-state index in [1.807, 2.05) is 0 Å². The lowest BCUT2D eigenvalue weighted by Gasteiger charge is -2.44. The molecule has 6 nitrogen and oxygen atoms in total. The second-order valence-electron chi connectivity index (χ2n) is 11.6. The molecule has 1 fully saturated rings. The lowest BCUT2D eigenvalue weighted by Crippen LogP contribution is -2.38. The quantitative estimate of drug-likeness (QED) is 0.251. The van der Waals surface area contributed by atoms with Crippen LogP contribution in [0.2, 0.25) is 0 Å². The predicted molar refractivity (Wildman–Crippen MR) is 138 cm³/mol. The second kappa shape index (κ2) is 11.3. The van der Waals surface area contributed by atoms with E-state index in [2.05, 4.69) is 29.3 Å². The van der Waals surface area contributed by atoms with Gasteiger partial charge < -0.3 is 9.64 Å². The highest BCUT2D eigenvalue weighted by molar-refractivity contribution is 5.43. The summed E-state index contributed by atoms with van der Waals surface area (Å²) in [6.07, 6.45) is -12.5. The molecular formula is C28H30F9N5O. The number of nitrogens with zero attached hydrogens (tertiary/aromatic N) is 5. The summed E-state index contributed by atoms with van der Waals surface area (Å²) >= 11 is 0. The molecule has 0 radical (unpaired) electrons. The highest BCUT2D eigenvalue weighted by Crippen LogP contribution is 2.49. The lowest BCUT2D eigenvalue weighted by atomic mass is 9.68. The van der Waals surface area contributed by atoms with Crippen LogP contribution in [0.4, 0.5) is 45.5 Å². The molecule has 1 saturated carbocycles. The molecule has 0 amide bonds. The van der Waals surface area contributed by atoms with E-state index in [-0.39, 0.29) is 23.0 Å². The van der Waals surface area contributed by atoms with Crippen LogP contribution in [0.25, 0.3) is 0 Å². The van der Waals surface area contributed by atoms with Crippen molar-refractivity contribution in [2.24, 2.45) is 12.5 Å². The standard InChI is InChI=1S/C28H30F9N5O/c1-24(2)7-9-25(43-4,10-8-24)22-6-5-19(26(29,30)31)13-18(22)16-42(23-38-40-41(3)39-23)15-17-11-20(27(32,33)34)14-21(12-17)28(35,36)37/h5-6,11-14H,7-10,15-16H2,1-4H3. The zero-order chi connectivity index (χ0) is 32.0. The van der Waals surface area contributed by atoms with Gasteiger partial charge in [-0.15, -0.1) is 5.10 Å². The van der Waals surface area contributed by atoms with Gasteiger partial charge in [0.15, 0.2) is 0 Å². The molecule has 0 N–H and O–H groups in total. The van der Waals surface area contributed by atoms with Crippen molar-refractivity contribution in [1.82, 2.24) is 20.2 Å². The highest BCUT2D eigenvalue weighted by atomic mass is 19.4.